The van der Waals surface area contributed by atoms with Gasteiger partial charge in [0.05, 0.1) is 0 Å². The lowest BCUT2D eigenvalue weighted by molar-refractivity contribution is 0.150. The fourth-order valence-corrected chi connectivity index (χ4v) is 2.64. The van der Waals surface area contributed by atoms with Gasteiger partial charge in [-0.15, -0.1) is 0 Å². The molecule has 0 aliphatic carbocycles. The monoisotopic (exact) mass is 291 g/mol. The molecule has 1 aromatic rings. The quantitative estimate of drug-likeness (QED) is 0.844. The van der Waals surface area contributed by atoms with Crippen molar-refractivity contribution in [2.75, 3.05) is 43.9 Å². The molecule has 1 saturated heterocycles. The summed E-state index contributed by atoms with van der Waals surface area (Å²) in [5.74, 6) is 2.66. The van der Waals surface area contributed by atoms with Gasteiger partial charge in [0, 0.05) is 19.2 Å². The van der Waals surface area contributed by atoms with Crippen molar-refractivity contribution >= 4 is 11.6 Å². The third-order valence-electron chi connectivity index (χ3n) is 4.28. The molecule has 0 radical (unpaired) electrons. The molecule has 2 rings (SSSR count). The Labute approximate surface area is 128 Å². The number of piperidine rings is 1. The van der Waals surface area contributed by atoms with E-state index in [0.29, 0.717) is 5.41 Å². The molecule has 0 unspecified atom stereocenters. The summed E-state index contributed by atoms with van der Waals surface area (Å²) in [6.07, 6.45) is 3.57. The van der Waals surface area contributed by atoms with Gasteiger partial charge in [-0.25, -0.2) is 9.97 Å². The zero-order valence-electron chi connectivity index (χ0n) is 13.9. The summed E-state index contributed by atoms with van der Waals surface area (Å²) < 4.78 is 0. The molecule has 2 heterocycles. The highest BCUT2D eigenvalue weighted by atomic mass is 15.1. The van der Waals surface area contributed by atoms with E-state index in [-0.39, 0.29) is 0 Å². The Morgan fingerprint density at radius 1 is 1.19 bits per heavy atom. The molecular formula is C16H29N5. The van der Waals surface area contributed by atoms with E-state index in [2.05, 4.69) is 46.4 Å². The third-order valence-corrected chi connectivity index (χ3v) is 4.28. The second kappa shape index (κ2) is 7.07. The Morgan fingerprint density at radius 2 is 1.81 bits per heavy atom. The number of aromatic nitrogens is 2. The van der Waals surface area contributed by atoms with E-state index in [4.69, 9.17) is 0 Å². The van der Waals surface area contributed by atoms with Crippen LogP contribution in [0.25, 0.3) is 0 Å². The van der Waals surface area contributed by atoms with Gasteiger partial charge in [0.15, 0.2) is 0 Å². The Kier molecular flexibility index (Phi) is 5.39. The molecule has 5 heteroatoms. The van der Waals surface area contributed by atoms with Crippen LogP contribution in [0.4, 0.5) is 11.6 Å². The number of likely N-dealkylation sites (tertiary alicyclic amines) is 1. The van der Waals surface area contributed by atoms with Gasteiger partial charge in [-0.05, 0) is 51.7 Å². The number of nitrogens with zero attached hydrogens (tertiary/aromatic N) is 3. The normalized spacial score (nSPS) is 18.5. The van der Waals surface area contributed by atoms with Crippen molar-refractivity contribution < 1.29 is 0 Å². The largest absolute Gasteiger partial charge is 0.370 e. The molecule has 21 heavy (non-hydrogen) atoms. The van der Waals surface area contributed by atoms with Crippen LogP contribution in [-0.2, 0) is 0 Å². The predicted octanol–water partition coefficient (Wildman–Crippen LogP) is 2.75. The molecule has 118 valence electrons. The number of nitrogens with one attached hydrogen (secondary N) is 2. The lowest BCUT2D eigenvalue weighted by atomic mass is 9.80. The van der Waals surface area contributed by atoms with Crippen LogP contribution in [0, 0.1) is 12.3 Å². The van der Waals surface area contributed by atoms with Gasteiger partial charge >= 0.3 is 0 Å². The van der Waals surface area contributed by atoms with Crippen molar-refractivity contribution in [2.45, 2.75) is 40.0 Å². The van der Waals surface area contributed by atoms with E-state index in [1.165, 1.54) is 25.9 Å². The second-order valence-corrected chi connectivity index (χ2v) is 6.58. The van der Waals surface area contributed by atoms with E-state index in [0.717, 1.165) is 37.0 Å². The van der Waals surface area contributed by atoms with Crippen LogP contribution in [0.2, 0.25) is 0 Å². The lowest BCUT2D eigenvalue weighted by Gasteiger charge is -2.38. The van der Waals surface area contributed by atoms with Crippen LogP contribution in [-0.4, -0.2) is 48.1 Å². The molecule has 2 N–H and O–H groups in total. The molecule has 0 saturated carbocycles. The van der Waals surface area contributed by atoms with E-state index >= 15 is 0 Å². The predicted molar refractivity (Wildman–Crippen MR) is 88.9 cm³/mol. The van der Waals surface area contributed by atoms with Crippen LogP contribution in [0.3, 0.4) is 0 Å². The maximum Gasteiger partial charge on any atom is 0.131 e. The van der Waals surface area contributed by atoms with Crippen molar-refractivity contribution in [3.8, 4) is 0 Å². The van der Waals surface area contributed by atoms with Crippen LogP contribution >= 0.6 is 0 Å². The van der Waals surface area contributed by atoms with Crippen LogP contribution in [0.15, 0.2) is 6.07 Å². The van der Waals surface area contributed by atoms with Gasteiger partial charge in [0.25, 0.3) is 0 Å². The molecule has 0 atom stereocenters. The van der Waals surface area contributed by atoms with E-state index in [1.54, 1.807) is 0 Å². The molecule has 0 spiro atoms. The molecule has 1 aromatic heterocycles. The number of rotatable bonds is 6. The van der Waals surface area contributed by atoms with E-state index < -0.39 is 0 Å². The smallest absolute Gasteiger partial charge is 0.131 e. The molecule has 0 bridgehead atoms. The lowest BCUT2D eigenvalue weighted by Crippen LogP contribution is -2.40. The number of hydrogen-bond acceptors (Lipinski definition) is 5. The van der Waals surface area contributed by atoms with E-state index in [9.17, 15) is 0 Å². The first-order valence-corrected chi connectivity index (χ1v) is 8.03. The second-order valence-electron chi connectivity index (χ2n) is 6.58. The average molecular weight is 291 g/mol. The Morgan fingerprint density at radius 3 is 2.43 bits per heavy atom. The summed E-state index contributed by atoms with van der Waals surface area (Å²) in [4.78, 5) is 11.3. The number of anilines is 2. The number of hydrogen-bond donors (Lipinski definition) is 2. The summed E-state index contributed by atoms with van der Waals surface area (Å²) in [5.41, 5.74) is 0.363. The minimum absolute atomic E-state index is 0.363. The van der Waals surface area contributed by atoms with Gasteiger partial charge < -0.3 is 15.5 Å². The fourth-order valence-electron chi connectivity index (χ4n) is 2.64. The highest BCUT2D eigenvalue weighted by Crippen LogP contribution is 2.30. The SMILES string of the molecule is CCCNc1cc(NCC2(C)CCN(C)CC2)nc(C)n1. The summed E-state index contributed by atoms with van der Waals surface area (Å²) in [5, 5.41) is 6.85. The van der Waals surface area contributed by atoms with Crippen molar-refractivity contribution in [1.29, 1.82) is 0 Å². The average Bonchev–Trinajstić information content (AvgIpc) is 2.46. The summed E-state index contributed by atoms with van der Waals surface area (Å²) >= 11 is 0. The Bertz CT molecular complexity index is 452. The molecule has 5 nitrogen and oxygen atoms in total. The summed E-state index contributed by atoms with van der Waals surface area (Å²) in [7, 11) is 2.20. The molecule has 1 fully saturated rings. The fraction of sp³-hybridized carbons (Fsp3) is 0.750. The minimum atomic E-state index is 0.363. The highest BCUT2D eigenvalue weighted by Gasteiger charge is 2.28. The molecular weight excluding hydrogens is 262 g/mol. The summed E-state index contributed by atoms with van der Waals surface area (Å²) in [6, 6.07) is 2.01. The molecule has 0 aromatic carbocycles. The van der Waals surface area contributed by atoms with Gasteiger partial charge in [0.1, 0.15) is 17.5 Å². The first kappa shape index (κ1) is 16.0. The van der Waals surface area contributed by atoms with Crippen LogP contribution in [0.5, 0.6) is 0 Å². The summed E-state index contributed by atoms with van der Waals surface area (Å²) in [6.45, 7) is 10.8. The van der Waals surface area contributed by atoms with Crippen molar-refractivity contribution in [3.05, 3.63) is 11.9 Å². The third kappa shape index (κ3) is 4.84. The standard InChI is InChI=1S/C16H29N5/c1-5-8-17-14-11-15(20-13(2)19-14)18-12-16(3)6-9-21(4)10-7-16/h11H,5-10,12H2,1-4H3,(H2,17,18,19,20). The van der Waals surface area contributed by atoms with Gasteiger partial charge in [-0.1, -0.05) is 13.8 Å². The first-order valence-electron chi connectivity index (χ1n) is 8.03. The zero-order chi connectivity index (χ0) is 15.3. The number of aryl methyl sites for hydroxylation is 1. The van der Waals surface area contributed by atoms with Gasteiger partial charge in [-0.3, -0.25) is 0 Å². The molecule has 0 amide bonds. The van der Waals surface area contributed by atoms with Crippen molar-refractivity contribution in [2.24, 2.45) is 5.41 Å². The van der Waals surface area contributed by atoms with Crippen LogP contribution in [0.1, 0.15) is 38.9 Å². The minimum Gasteiger partial charge on any atom is -0.370 e. The zero-order valence-corrected chi connectivity index (χ0v) is 13.9. The van der Waals surface area contributed by atoms with Crippen molar-refractivity contribution in [3.63, 3.8) is 0 Å². The maximum atomic E-state index is 4.50. The molecule has 1 aliphatic rings. The van der Waals surface area contributed by atoms with Crippen molar-refractivity contribution in [1.82, 2.24) is 14.9 Å². The molecule has 1 aliphatic heterocycles. The van der Waals surface area contributed by atoms with Crippen LogP contribution < -0.4 is 10.6 Å². The topological polar surface area (TPSA) is 53.1 Å². The first-order chi connectivity index (χ1) is 10.0. The van der Waals surface area contributed by atoms with Gasteiger partial charge in [0.2, 0.25) is 0 Å². The Hall–Kier alpha value is -1.36. The van der Waals surface area contributed by atoms with E-state index in [1.807, 2.05) is 13.0 Å². The Balaban J connectivity index is 1.94. The maximum absolute atomic E-state index is 4.50. The van der Waals surface area contributed by atoms with Gasteiger partial charge in [-0.2, -0.15) is 0 Å². The highest BCUT2D eigenvalue weighted by molar-refractivity contribution is 5.47.